The molecule has 0 aliphatic rings. The van der Waals surface area contributed by atoms with Crippen LogP contribution in [0.25, 0.3) is 10.8 Å². The van der Waals surface area contributed by atoms with E-state index in [1.54, 1.807) is 36.4 Å². The molecule has 0 radical (unpaired) electrons. The molecule has 4 rings (SSSR count). The minimum Gasteiger partial charge on any atom is -0.478 e. The highest BCUT2D eigenvalue weighted by atomic mass is 35.5. The number of carboxylic acids is 1. The molecule has 1 amide bonds. The molecule has 4 aromatic carbocycles. The largest absolute Gasteiger partial charge is 0.478 e. The summed E-state index contributed by atoms with van der Waals surface area (Å²) >= 11 is 6.21. The normalized spacial score (nSPS) is 11.8. The fourth-order valence-electron chi connectivity index (χ4n) is 3.92. The lowest BCUT2D eigenvalue weighted by molar-refractivity contribution is -0.117. The molecule has 0 aromatic heterocycles. The van der Waals surface area contributed by atoms with Crippen molar-refractivity contribution < 1.29 is 14.7 Å². The van der Waals surface area contributed by atoms with E-state index in [0.717, 1.165) is 21.9 Å². The van der Waals surface area contributed by atoms with Crippen LogP contribution in [0.1, 0.15) is 39.9 Å². The summed E-state index contributed by atoms with van der Waals surface area (Å²) in [4.78, 5) is 24.8. The fraction of sp³-hybridized carbons (Fsp3) is 0.111. The van der Waals surface area contributed by atoms with Crippen LogP contribution in [0.2, 0.25) is 5.02 Å². The molecule has 0 saturated carbocycles. The molecule has 0 aliphatic heterocycles. The van der Waals surface area contributed by atoms with Gasteiger partial charge in [0.05, 0.1) is 11.5 Å². The van der Waals surface area contributed by atoms with Gasteiger partial charge in [-0.2, -0.15) is 0 Å². The van der Waals surface area contributed by atoms with E-state index in [1.165, 1.54) is 0 Å². The number of hydrogen-bond donors (Lipinski definition) is 2. The van der Waals surface area contributed by atoms with Crippen LogP contribution in [0.4, 0.5) is 5.69 Å². The summed E-state index contributed by atoms with van der Waals surface area (Å²) in [5.41, 5.74) is 3.22. The monoisotopic (exact) mass is 443 g/mol. The predicted molar refractivity (Wildman–Crippen MR) is 129 cm³/mol. The van der Waals surface area contributed by atoms with Gasteiger partial charge in [-0.3, -0.25) is 4.79 Å². The summed E-state index contributed by atoms with van der Waals surface area (Å²) in [5.74, 6) is -1.53. The molecule has 4 aromatic rings. The Bertz CT molecular complexity index is 1310. The molecule has 0 saturated heterocycles. The zero-order valence-electron chi connectivity index (χ0n) is 17.5. The van der Waals surface area contributed by atoms with E-state index in [2.05, 4.69) is 5.32 Å². The van der Waals surface area contributed by atoms with E-state index in [9.17, 15) is 14.7 Å². The zero-order valence-corrected chi connectivity index (χ0v) is 18.3. The van der Waals surface area contributed by atoms with E-state index in [4.69, 9.17) is 11.6 Å². The van der Waals surface area contributed by atoms with Crippen LogP contribution in [-0.2, 0) is 11.2 Å². The Hall–Kier alpha value is -3.63. The average molecular weight is 444 g/mol. The molecule has 0 aliphatic carbocycles. The lowest BCUT2D eigenvalue weighted by Crippen LogP contribution is -2.20. The molecular weight excluding hydrogens is 422 g/mol. The minimum absolute atomic E-state index is 0.156. The second-order valence-electron chi connectivity index (χ2n) is 7.72. The molecule has 0 fully saturated rings. The van der Waals surface area contributed by atoms with Gasteiger partial charge in [-0.05, 0) is 52.6 Å². The Morgan fingerprint density at radius 2 is 1.62 bits per heavy atom. The molecule has 0 spiro atoms. The molecule has 160 valence electrons. The van der Waals surface area contributed by atoms with E-state index >= 15 is 0 Å². The Morgan fingerprint density at radius 1 is 0.906 bits per heavy atom. The topological polar surface area (TPSA) is 66.4 Å². The van der Waals surface area contributed by atoms with Gasteiger partial charge in [-0.1, -0.05) is 78.3 Å². The standard InChI is InChI=1S/C27H22ClNO3/c1-17(22-12-6-9-18-7-2-4-10-23(18)22)26(30)29-25-16-21(28)14-13-20(25)15-19-8-3-5-11-24(19)27(31)32/h2-14,16-17H,15H2,1H3,(H,29,30)(H,31,32). The smallest absolute Gasteiger partial charge is 0.335 e. The van der Waals surface area contributed by atoms with Gasteiger partial charge in [0.15, 0.2) is 0 Å². The van der Waals surface area contributed by atoms with Crippen molar-refractivity contribution in [2.45, 2.75) is 19.3 Å². The van der Waals surface area contributed by atoms with Crippen molar-refractivity contribution in [2.75, 3.05) is 5.32 Å². The van der Waals surface area contributed by atoms with E-state index in [0.29, 0.717) is 22.7 Å². The third kappa shape index (κ3) is 4.51. The Morgan fingerprint density at radius 3 is 2.44 bits per heavy atom. The first-order valence-corrected chi connectivity index (χ1v) is 10.7. The zero-order chi connectivity index (χ0) is 22.7. The maximum Gasteiger partial charge on any atom is 0.335 e. The van der Waals surface area contributed by atoms with Crippen molar-refractivity contribution in [3.63, 3.8) is 0 Å². The van der Waals surface area contributed by atoms with Crippen LogP contribution >= 0.6 is 11.6 Å². The van der Waals surface area contributed by atoms with Gasteiger partial charge < -0.3 is 10.4 Å². The maximum absolute atomic E-state index is 13.2. The summed E-state index contributed by atoms with van der Waals surface area (Å²) in [5, 5.41) is 15.1. The molecule has 0 bridgehead atoms. The first-order valence-electron chi connectivity index (χ1n) is 10.3. The number of carbonyl (C=O) groups is 2. The summed E-state index contributed by atoms with van der Waals surface area (Å²) in [7, 11) is 0. The van der Waals surface area contributed by atoms with Crippen molar-refractivity contribution >= 4 is 39.9 Å². The molecule has 0 heterocycles. The second-order valence-corrected chi connectivity index (χ2v) is 8.16. The first-order chi connectivity index (χ1) is 15.4. The lowest BCUT2D eigenvalue weighted by atomic mass is 9.93. The summed E-state index contributed by atoms with van der Waals surface area (Å²) in [6.45, 7) is 1.88. The summed E-state index contributed by atoms with van der Waals surface area (Å²) < 4.78 is 0. The number of aromatic carboxylic acids is 1. The number of anilines is 1. The molecular formula is C27H22ClNO3. The summed E-state index contributed by atoms with van der Waals surface area (Å²) in [6.07, 6.45) is 0.359. The van der Waals surface area contributed by atoms with Crippen LogP contribution in [0.15, 0.2) is 84.9 Å². The van der Waals surface area contributed by atoms with Gasteiger partial charge in [0.2, 0.25) is 5.91 Å². The lowest BCUT2D eigenvalue weighted by Gasteiger charge is -2.17. The third-order valence-corrected chi connectivity index (χ3v) is 5.88. The fourth-order valence-corrected chi connectivity index (χ4v) is 4.09. The highest BCUT2D eigenvalue weighted by molar-refractivity contribution is 6.31. The highest BCUT2D eigenvalue weighted by Gasteiger charge is 2.19. The van der Waals surface area contributed by atoms with Crippen LogP contribution < -0.4 is 5.32 Å². The van der Waals surface area contributed by atoms with Gasteiger partial charge >= 0.3 is 5.97 Å². The van der Waals surface area contributed by atoms with Gasteiger partial charge in [-0.15, -0.1) is 0 Å². The Labute approximate surface area is 191 Å². The molecule has 1 unspecified atom stereocenters. The van der Waals surface area contributed by atoms with Crippen molar-refractivity contribution in [3.05, 3.63) is 112 Å². The van der Waals surface area contributed by atoms with Crippen molar-refractivity contribution in [1.29, 1.82) is 0 Å². The summed E-state index contributed by atoms with van der Waals surface area (Å²) in [6, 6.07) is 26.0. The number of halogens is 1. The van der Waals surface area contributed by atoms with E-state index in [-0.39, 0.29) is 17.4 Å². The van der Waals surface area contributed by atoms with E-state index in [1.807, 2.05) is 55.5 Å². The van der Waals surface area contributed by atoms with Crippen LogP contribution in [0, 0.1) is 0 Å². The number of benzene rings is 4. The predicted octanol–water partition coefficient (Wildman–Crippen LogP) is 6.52. The van der Waals surface area contributed by atoms with Gasteiger partial charge in [-0.25, -0.2) is 4.79 Å². The third-order valence-electron chi connectivity index (χ3n) is 5.64. The van der Waals surface area contributed by atoms with Crippen molar-refractivity contribution in [2.24, 2.45) is 0 Å². The number of rotatable bonds is 6. The van der Waals surface area contributed by atoms with E-state index < -0.39 is 5.97 Å². The number of fused-ring (bicyclic) bond motifs is 1. The average Bonchev–Trinajstić information content (AvgIpc) is 2.80. The van der Waals surface area contributed by atoms with Crippen LogP contribution in [-0.4, -0.2) is 17.0 Å². The Balaban J connectivity index is 1.64. The van der Waals surface area contributed by atoms with Crippen LogP contribution in [0.5, 0.6) is 0 Å². The van der Waals surface area contributed by atoms with Gasteiger partial charge in [0.25, 0.3) is 0 Å². The quantitative estimate of drug-likeness (QED) is 0.356. The van der Waals surface area contributed by atoms with Crippen molar-refractivity contribution in [3.8, 4) is 0 Å². The molecule has 4 nitrogen and oxygen atoms in total. The van der Waals surface area contributed by atoms with Crippen LogP contribution in [0.3, 0.4) is 0 Å². The first kappa shape index (κ1) is 21.6. The van der Waals surface area contributed by atoms with Gasteiger partial charge in [0.1, 0.15) is 0 Å². The number of carbonyl (C=O) groups excluding carboxylic acids is 1. The Kier molecular flexibility index (Phi) is 6.24. The molecule has 32 heavy (non-hydrogen) atoms. The molecule has 5 heteroatoms. The number of carboxylic acid groups (broad SMARTS) is 1. The molecule has 1 atom stereocenters. The number of nitrogens with one attached hydrogen (secondary N) is 1. The minimum atomic E-state index is -0.982. The SMILES string of the molecule is CC(C(=O)Nc1cc(Cl)ccc1Cc1ccccc1C(=O)O)c1cccc2ccccc12. The highest BCUT2D eigenvalue weighted by Crippen LogP contribution is 2.29. The number of amides is 1. The number of hydrogen-bond acceptors (Lipinski definition) is 2. The molecule has 2 N–H and O–H groups in total. The maximum atomic E-state index is 13.2. The van der Waals surface area contributed by atoms with Gasteiger partial charge in [0, 0.05) is 17.1 Å². The second kappa shape index (κ2) is 9.25. The van der Waals surface area contributed by atoms with Crippen molar-refractivity contribution in [1.82, 2.24) is 0 Å².